The van der Waals surface area contributed by atoms with Gasteiger partial charge in [0.25, 0.3) is 0 Å². The van der Waals surface area contributed by atoms with Gasteiger partial charge in [-0.1, -0.05) is 75.3 Å². The summed E-state index contributed by atoms with van der Waals surface area (Å²) in [6, 6.07) is 19.2. The van der Waals surface area contributed by atoms with Crippen LogP contribution in [0.5, 0.6) is 0 Å². The van der Waals surface area contributed by atoms with E-state index >= 15 is 0 Å². The highest BCUT2D eigenvalue weighted by Gasteiger charge is 2.18. The minimum atomic E-state index is -0.0479. The monoisotopic (exact) mass is 525 g/mol. The van der Waals surface area contributed by atoms with E-state index in [-0.39, 0.29) is 5.78 Å². The van der Waals surface area contributed by atoms with E-state index in [0.29, 0.717) is 9.90 Å². The number of ketones is 1. The summed E-state index contributed by atoms with van der Waals surface area (Å²) in [6.45, 7) is 0. The molecular formula is C23H13BrClN3OS2. The third kappa shape index (κ3) is 4.02. The molecule has 0 aliphatic heterocycles. The van der Waals surface area contributed by atoms with Crippen LogP contribution < -0.4 is 0 Å². The normalized spacial score (nSPS) is 11.5. The number of imidazole rings is 1. The Morgan fingerprint density at radius 1 is 1.06 bits per heavy atom. The Labute approximate surface area is 199 Å². The van der Waals surface area contributed by atoms with Crippen molar-refractivity contribution < 1.29 is 4.79 Å². The second-order valence-corrected chi connectivity index (χ2v) is 9.84. The molecule has 3 heterocycles. The number of benzene rings is 2. The van der Waals surface area contributed by atoms with E-state index < -0.39 is 0 Å². The van der Waals surface area contributed by atoms with Crippen LogP contribution in [-0.4, -0.2) is 20.4 Å². The van der Waals surface area contributed by atoms with Gasteiger partial charge < -0.3 is 0 Å². The average Bonchev–Trinajstić information content (AvgIpc) is 3.50. The Bertz CT molecular complexity index is 1420. The van der Waals surface area contributed by atoms with Crippen molar-refractivity contribution in [2.75, 3.05) is 0 Å². The lowest BCUT2D eigenvalue weighted by Gasteiger charge is -2.01. The summed E-state index contributed by atoms with van der Waals surface area (Å²) in [5.74, 6) is -0.0479. The van der Waals surface area contributed by atoms with Crippen molar-refractivity contribution in [1.82, 2.24) is 14.6 Å². The van der Waals surface area contributed by atoms with Gasteiger partial charge in [-0.2, -0.15) is 5.10 Å². The van der Waals surface area contributed by atoms with Crippen molar-refractivity contribution in [2.24, 2.45) is 0 Å². The van der Waals surface area contributed by atoms with Gasteiger partial charge in [0.15, 0.2) is 5.78 Å². The fourth-order valence-electron chi connectivity index (χ4n) is 3.13. The molecule has 3 aromatic heterocycles. The summed E-state index contributed by atoms with van der Waals surface area (Å²) < 4.78 is 2.76. The number of aromatic nitrogens is 3. The van der Waals surface area contributed by atoms with E-state index in [2.05, 4.69) is 15.9 Å². The summed E-state index contributed by atoms with van der Waals surface area (Å²) in [4.78, 5) is 18.8. The van der Waals surface area contributed by atoms with E-state index in [0.717, 1.165) is 37.0 Å². The third-order valence-corrected chi connectivity index (χ3v) is 7.30. The van der Waals surface area contributed by atoms with Crippen LogP contribution >= 0.6 is 50.2 Å². The third-order valence-electron chi connectivity index (χ3n) is 4.62. The number of carbonyl (C=O) groups excluding carboxylic acids is 1. The van der Waals surface area contributed by atoms with Crippen molar-refractivity contribution in [2.45, 2.75) is 0 Å². The topological polar surface area (TPSA) is 47.3 Å². The second-order valence-electron chi connectivity index (χ2n) is 6.61. The molecule has 0 unspecified atom stereocenters. The number of nitrogens with zero attached hydrogens (tertiary/aromatic N) is 3. The predicted octanol–water partition coefficient (Wildman–Crippen LogP) is 7.50. The van der Waals surface area contributed by atoms with Crippen LogP contribution in [0.25, 0.3) is 32.9 Å². The maximum absolute atomic E-state index is 12.6. The molecule has 0 N–H and O–H groups in total. The summed E-state index contributed by atoms with van der Waals surface area (Å²) in [5, 5.41) is 8.07. The van der Waals surface area contributed by atoms with Crippen molar-refractivity contribution in [3.05, 3.63) is 92.2 Å². The zero-order chi connectivity index (χ0) is 21.4. The Morgan fingerprint density at radius 2 is 1.87 bits per heavy atom. The lowest BCUT2D eigenvalue weighted by atomic mass is 10.1. The minimum Gasteiger partial charge on any atom is -0.288 e. The highest BCUT2D eigenvalue weighted by Crippen LogP contribution is 2.34. The molecule has 5 aromatic rings. The molecular weight excluding hydrogens is 514 g/mol. The molecule has 152 valence electrons. The second kappa shape index (κ2) is 8.51. The summed E-state index contributed by atoms with van der Waals surface area (Å²) in [5.41, 5.74) is 3.32. The van der Waals surface area contributed by atoms with Gasteiger partial charge in [0.05, 0.1) is 21.3 Å². The van der Waals surface area contributed by atoms with Crippen LogP contribution in [0, 0.1) is 0 Å². The summed E-state index contributed by atoms with van der Waals surface area (Å²) in [7, 11) is 0. The highest BCUT2D eigenvalue weighted by molar-refractivity contribution is 9.10. The first-order chi connectivity index (χ1) is 15.1. The smallest absolute Gasteiger partial charge is 0.213 e. The fourth-order valence-corrected chi connectivity index (χ4v) is 5.27. The van der Waals surface area contributed by atoms with Crippen molar-refractivity contribution in [3.8, 4) is 21.8 Å². The number of thiophene rings is 1. The fraction of sp³-hybridized carbons (Fsp3) is 0. The number of hydrogen-bond donors (Lipinski definition) is 0. The molecule has 2 aromatic carbocycles. The lowest BCUT2D eigenvalue weighted by molar-refractivity contribution is 0.105. The number of hydrogen-bond acceptors (Lipinski definition) is 5. The van der Waals surface area contributed by atoms with Crippen molar-refractivity contribution in [3.63, 3.8) is 0 Å². The first kappa shape index (κ1) is 20.3. The van der Waals surface area contributed by atoms with E-state index in [1.807, 2.05) is 66.0 Å². The van der Waals surface area contributed by atoms with Crippen LogP contribution in [0.2, 0.25) is 5.02 Å². The van der Waals surface area contributed by atoms with Gasteiger partial charge in [-0.05, 0) is 41.8 Å². The van der Waals surface area contributed by atoms with E-state index in [4.69, 9.17) is 21.7 Å². The number of halogens is 2. The predicted molar refractivity (Wildman–Crippen MR) is 132 cm³/mol. The molecule has 0 saturated heterocycles. The van der Waals surface area contributed by atoms with Gasteiger partial charge in [-0.15, -0.1) is 11.3 Å². The Hall–Kier alpha value is -2.58. The molecule has 0 aliphatic rings. The molecule has 0 saturated carbocycles. The van der Waals surface area contributed by atoms with Crippen LogP contribution in [0.1, 0.15) is 15.4 Å². The first-order valence-electron chi connectivity index (χ1n) is 9.26. The van der Waals surface area contributed by atoms with Gasteiger partial charge in [0.1, 0.15) is 5.01 Å². The highest BCUT2D eigenvalue weighted by atomic mass is 79.9. The molecule has 31 heavy (non-hydrogen) atoms. The number of carbonyl (C=O) groups is 1. The summed E-state index contributed by atoms with van der Waals surface area (Å²) in [6.07, 6.45) is 3.36. The average molecular weight is 527 g/mol. The molecule has 0 amide bonds. The van der Waals surface area contributed by atoms with Crippen molar-refractivity contribution >= 4 is 67.0 Å². The van der Waals surface area contributed by atoms with Crippen molar-refractivity contribution in [1.29, 1.82) is 0 Å². The molecule has 0 aliphatic carbocycles. The quantitative estimate of drug-likeness (QED) is 0.176. The largest absolute Gasteiger partial charge is 0.288 e. The molecule has 4 nitrogen and oxygen atoms in total. The Balaban J connectivity index is 1.64. The molecule has 0 radical (unpaired) electrons. The van der Waals surface area contributed by atoms with Crippen LogP contribution in [0.3, 0.4) is 0 Å². The zero-order valence-corrected chi connectivity index (χ0v) is 19.8. The van der Waals surface area contributed by atoms with Gasteiger partial charge in [0, 0.05) is 15.6 Å². The molecule has 0 bridgehead atoms. The Kier molecular flexibility index (Phi) is 5.58. The molecule has 0 fully saturated rings. The number of fused-ring (bicyclic) bond motifs is 1. The van der Waals surface area contributed by atoms with Crippen LogP contribution in [0.15, 0.2) is 76.6 Å². The van der Waals surface area contributed by atoms with E-state index in [1.54, 1.807) is 16.7 Å². The first-order valence-corrected chi connectivity index (χ1v) is 12.1. The SMILES string of the molecule is O=C(/C=C/c1c(-c2ccc(Br)cc2)nc2sc(-c3ccccc3Cl)nn12)c1cccs1. The zero-order valence-electron chi connectivity index (χ0n) is 15.8. The molecule has 0 atom stereocenters. The van der Waals surface area contributed by atoms with Crippen LogP contribution in [0.4, 0.5) is 0 Å². The van der Waals surface area contributed by atoms with Gasteiger partial charge >= 0.3 is 0 Å². The van der Waals surface area contributed by atoms with E-state index in [1.165, 1.54) is 22.7 Å². The standard InChI is InChI=1S/C23H13BrClN3OS2/c24-15-9-7-14(8-10-15)21-18(11-12-19(29)20-6-3-13-30-20)28-23(26-21)31-22(27-28)16-4-1-2-5-17(16)25/h1-13H/b12-11+. The number of allylic oxidation sites excluding steroid dienone is 1. The maximum Gasteiger partial charge on any atom is 0.213 e. The molecule has 8 heteroatoms. The maximum atomic E-state index is 12.6. The van der Waals surface area contributed by atoms with Gasteiger partial charge in [-0.3, -0.25) is 4.79 Å². The lowest BCUT2D eigenvalue weighted by Crippen LogP contribution is -1.93. The summed E-state index contributed by atoms with van der Waals surface area (Å²) >= 11 is 12.7. The minimum absolute atomic E-state index is 0.0479. The Morgan fingerprint density at radius 3 is 2.61 bits per heavy atom. The van der Waals surface area contributed by atoms with Gasteiger partial charge in [0.2, 0.25) is 4.96 Å². The van der Waals surface area contributed by atoms with Crippen LogP contribution in [-0.2, 0) is 0 Å². The number of rotatable bonds is 5. The van der Waals surface area contributed by atoms with E-state index in [9.17, 15) is 4.79 Å². The molecule has 5 rings (SSSR count). The van der Waals surface area contributed by atoms with Gasteiger partial charge in [-0.25, -0.2) is 9.50 Å². The molecule has 0 spiro atoms.